The maximum atomic E-state index is 13.0. The number of anilines is 1. The van der Waals surface area contributed by atoms with Crippen molar-refractivity contribution in [1.82, 2.24) is 24.7 Å². The molecule has 146 valence electrons. The second-order valence-electron chi connectivity index (χ2n) is 6.23. The van der Waals surface area contributed by atoms with E-state index in [1.807, 2.05) is 0 Å². The van der Waals surface area contributed by atoms with E-state index in [4.69, 9.17) is 9.47 Å². The Kier molecular flexibility index (Phi) is 4.60. The van der Waals surface area contributed by atoms with Gasteiger partial charge in [-0.3, -0.25) is 4.79 Å². The molecule has 0 aromatic carbocycles. The monoisotopic (exact) mass is 386 g/mol. The SMILES string of the molecule is O=C(C1CN(c2ccc3nnc(C(F)(F)F)n3n2)CCO1)N1CCOCC1. The molecular weight excluding hydrogens is 369 g/mol. The fourth-order valence-electron chi connectivity index (χ4n) is 3.12. The summed E-state index contributed by atoms with van der Waals surface area (Å²) in [6.07, 6.45) is -5.36. The predicted molar refractivity (Wildman–Crippen MR) is 85.1 cm³/mol. The van der Waals surface area contributed by atoms with E-state index in [1.165, 1.54) is 6.07 Å². The van der Waals surface area contributed by atoms with Gasteiger partial charge in [-0.2, -0.15) is 17.7 Å². The highest BCUT2D eigenvalue weighted by Gasteiger charge is 2.38. The van der Waals surface area contributed by atoms with Crippen molar-refractivity contribution in [3.8, 4) is 0 Å². The molecule has 0 saturated carbocycles. The van der Waals surface area contributed by atoms with E-state index in [0.717, 1.165) is 0 Å². The minimum Gasteiger partial charge on any atom is -0.378 e. The number of carbonyl (C=O) groups excluding carboxylic acids is 1. The van der Waals surface area contributed by atoms with Crippen molar-refractivity contribution in [2.75, 3.05) is 50.9 Å². The highest BCUT2D eigenvalue weighted by molar-refractivity contribution is 5.82. The first kappa shape index (κ1) is 17.9. The Bertz CT molecular complexity index is 836. The van der Waals surface area contributed by atoms with Gasteiger partial charge in [0.1, 0.15) is 5.82 Å². The first-order valence-corrected chi connectivity index (χ1v) is 8.46. The van der Waals surface area contributed by atoms with E-state index in [9.17, 15) is 18.0 Å². The molecule has 4 rings (SSSR count). The van der Waals surface area contributed by atoms with Crippen LogP contribution in [0.4, 0.5) is 19.0 Å². The van der Waals surface area contributed by atoms with Crippen LogP contribution in [0.25, 0.3) is 5.65 Å². The van der Waals surface area contributed by atoms with Gasteiger partial charge in [0.05, 0.1) is 26.4 Å². The van der Waals surface area contributed by atoms with Crippen molar-refractivity contribution in [1.29, 1.82) is 0 Å². The van der Waals surface area contributed by atoms with Gasteiger partial charge in [0, 0.05) is 19.6 Å². The Balaban J connectivity index is 1.55. The van der Waals surface area contributed by atoms with Crippen molar-refractivity contribution in [3.63, 3.8) is 0 Å². The van der Waals surface area contributed by atoms with Crippen LogP contribution in [0.15, 0.2) is 12.1 Å². The lowest BCUT2D eigenvalue weighted by Crippen LogP contribution is -2.53. The molecule has 1 amide bonds. The molecule has 2 aromatic rings. The maximum Gasteiger partial charge on any atom is 0.453 e. The number of aromatic nitrogens is 4. The molecule has 12 heteroatoms. The van der Waals surface area contributed by atoms with E-state index in [-0.39, 0.29) is 24.7 Å². The lowest BCUT2D eigenvalue weighted by molar-refractivity contribution is -0.148. The standard InChI is InChI=1S/C15H17F3N6O3/c16-15(17,18)14-20-19-11-1-2-12(21-24(11)14)23-5-8-27-10(9-23)13(25)22-3-6-26-7-4-22/h1-2,10H,3-9H2. The summed E-state index contributed by atoms with van der Waals surface area (Å²) in [6, 6.07) is 2.98. The fourth-order valence-corrected chi connectivity index (χ4v) is 3.12. The minimum absolute atomic E-state index is 0.000257. The van der Waals surface area contributed by atoms with Crippen LogP contribution < -0.4 is 4.90 Å². The molecule has 1 unspecified atom stereocenters. The molecule has 0 spiro atoms. The third-order valence-corrected chi connectivity index (χ3v) is 4.49. The highest BCUT2D eigenvalue weighted by atomic mass is 19.4. The molecule has 9 nitrogen and oxygen atoms in total. The smallest absolute Gasteiger partial charge is 0.378 e. The van der Waals surface area contributed by atoms with Crippen LogP contribution in [0.5, 0.6) is 0 Å². The number of ether oxygens (including phenoxy) is 2. The molecule has 0 N–H and O–H groups in total. The normalized spacial score (nSPS) is 21.7. The zero-order valence-electron chi connectivity index (χ0n) is 14.2. The number of alkyl halides is 3. The van der Waals surface area contributed by atoms with Crippen LogP contribution in [0.3, 0.4) is 0 Å². The van der Waals surface area contributed by atoms with Crippen LogP contribution in [-0.2, 0) is 20.4 Å². The van der Waals surface area contributed by atoms with Crippen molar-refractivity contribution in [2.24, 2.45) is 0 Å². The molecule has 4 heterocycles. The number of hydrogen-bond acceptors (Lipinski definition) is 7. The van der Waals surface area contributed by atoms with E-state index < -0.39 is 18.1 Å². The van der Waals surface area contributed by atoms with Crippen molar-refractivity contribution >= 4 is 17.4 Å². The lowest BCUT2D eigenvalue weighted by atomic mass is 10.2. The number of rotatable bonds is 2. The van der Waals surface area contributed by atoms with Gasteiger partial charge in [0.15, 0.2) is 11.8 Å². The van der Waals surface area contributed by atoms with Gasteiger partial charge in [0.2, 0.25) is 0 Å². The van der Waals surface area contributed by atoms with Crippen LogP contribution in [0.2, 0.25) is 0 Å². The first-order chi connectivity index (χ1) is 12.9. The molecular formula is C15H17F3N6O3. The maximum absolute atomic E-state index is 13.0. The third-order valence-electron chi connectivity index (χ3n) is 4.49. The van der Waals surface area contributed by atoms with Crippen molar-refractivity contribution in [2.45, 2.75) is 12.3 Å². The van der Waals surface area contributed by atoms with Gasteiger partial charge in [-0.1, -0.05) is 0 Å². The molecule has 27 heavy (non-hydrogen) atoms. The van der Waals surface area contributed by atoms with Gasteiger partial charge < -0.3 is 19.3 Å². The Hall–Kier alpha value is -2.47. The molecule has 0 aliphatic carbocycles. The van der Waals surface area contributed by atoms with E-state index >= 15 is 0 Å². The number of carbonyl (C=O) groups is 1. The van der Waals surface area contributed by atoms with Gasteiger partial charge >= 0.3 is 6.18 Å². The third kappa shape index (κ3) is 3.54. The Morgan fingerprint density at radius 3 is 2.63 bits per heavy atom. The molecule has 2 aromatic heterocycles. The molecule has 2 aliphatic rings. The molecule has 1 atom stereocenters. The van der Waals surface area contributed by atoms with E-state index in [0.29, 0.717) is 43.2 Å². The summed E-state index contributed by atoms with van der Waals surface area (Å²) < 4.78 is 50.6. The largest absolute Gasteiger partial charge is 0.453 e. The summed E-state index contributed by atoms with van der Waals surface area (Å²) in [5, 5.41) is 10.7. The Morgan fingerprint density at radius 1 is 1.11 bits per heavy atom. The topological polar surface area (TPSA) is 85.1 Å². The van der Waals surface area contributed by atoms with Crippen LogP contribution in [-0.4, -0.2) is 82.7 Å². The van der Waals surface area contributed by atoms with Gasteiger partial charge in [-0.05, 0) is 12.1 Å². The number of morpholine rings is 2. The molecule has 0 bridgehead atoms. The van der Waals surface area contributed by atoms with Crippen molar-refractivity contribution < 1.29 is 27.4 Å². The highest BCUT2D eigenvalue weighted by Crippen LogP contribution is 2.28. The number of amides is 1. The summed E-state index contributed by atoms with van der Waals surface area (Å²) in [4.78, 5) is 16.0. The van der Waals surface area contributed by atoms with Crippen LogP contribution in [0.1, 0.15) is 5.82 Å². The minimum atomic E-state index is -4.66. The average molecular weight is 386 g/mol. The summed E-state index contributed by atoms with van der Waals surface area (Å²) in [5.41, 5.74) is 0.000257. The van der Waals surface area contributed by atoms with Crippen LogP contribution in [0, 0.1) is 0 Å². The number of halogens is 3. The van der Waals surface area contributed by atoms with Crippen molar-refractivity contribution in [3.05, 3.63) is 18.0 Å². The zero-order chi connectivity index (χ0) is 19.0. The summed E-state index contributed by atoms with van der Waals surface area (Å²) >= 11 is 0. The number of nitrogens with zero attached hydrogens (tertiary/aromatic N) is 6. The number of fused-ring (bicyclic) bond motifs is 1. The van der Waals surface area contributed by atoms with Crippen LogP contribution >= 0.6 is 0 Å². The van der Waals surface area contributed by atoms with Gasteiger partial charge in [-0.25, -0.2) is 0 Å². The van der Waals surface area contributed by atoms with E-state index in [1.54, 1.807) is 15.9 Å². The first-order valence-electron chi connectivity index (χ1n) is 8.46. The predicted octanol–water partition coefficient (Wildman–Crippen LogP) is 0.207. The quantitative estimate of drug-likeness (QED) is 0.729. The van der Waals surface area contributed by atoms with E-state index in [2.05, 4.69) is 15.3 Å². The molecule has 2 fully saturated rings. The fraction of sp³-hybridized carbons (Fsp3) is 0.600. The summed E-state index contributed by atoms with van der Waals surface area (Å²) in [7, 11) is 0. The second kappa shape index (κ2) is 6.93. The van der Waals surface area contributed by atoms with Gasteiger partial charge in [-0.15, -0.1) is 15.3 Å². The molecule has 2 aliphatic heterocycles. The molecule has 0 radical (unpaired) electrons. The van der Waals surface area contributed by atoms with Gasteiger partial charge in [0.25, 0.3) is 11.7 Å². The Morgan fingerprint density at radius 2 is 1.89 bits per heavy atom. The second-order valence-corrected chi connectivity index (χ2v) is 6.23. The Labute approximate surface area is 151 Å². The zero-order valence-corrected chi connectivity index (χ0v) is 14.2. The lowest BCUT2D eigenvalue weighted by Gasteiger charge is -2.36. The molecule has 2 saturated heterocycles. The average Bonchev–Trinajstić information content (AvgIpc) is 3.12. The summed E-state index contributed by atoms with van der Waals surface area (Å²) in [5.74, 6) is -1.03. The number of hydrogen-bond donors (Lipinski definition) is 0. The summed E-state index contributed by atoms with van der Waals surface area (Å²) in [6.45, 7) is 2.85.